The van der Waals surface area contributed by atoms with E-state index in [1.54, 1.807) is 24.2 Å². The van der Waals surface area contributed by atoms with Crippen LogP contribution in [0.4, 0.5) is 10.5 Å². The summed E-state index contributed by atoms with van der Waals surface area (Å²) < 4.78 is 0. The van der Waals surface area contributed by atoms with Crippen molar-refractivity contribution in [2.24, 2.45) is 0 Å². The predicted molar refractivity (Wildman–Crippen MR) is 79.9 cm³/mol. The Labute approximate surface area is 122 Å². The van der Waals surface area contributed by atoms with Crippen LogP contribution in [0.3, 0.4) is 0 Å². The molecule has 2 aromatic rings. The lowest BCUT2D eigenvalue weighted by Gasteiger charge is -2.32. The summed E-state index contributed by atoms with van der Waals surface area (Å²) in [5.41, 5.74) is 0.720. The second-order valence-electron chi connectivity index (χ2n) is 4.99. The molecule has 21 heavy (non-hydrogen) atoms. The molecule has 0 spiro atoms. The van der Waals surface area contributed by atoms with E-state index in [4.69, 9.17) is 0 Å². The number of pyridine rings is 1. The molecule has 2 heterocycles. The summed E-state index contributed by atoms with van der Waals surface area (Å²) >= 11 is 0. The van der Waals surface area contributed by atoms with E-state index >= 15 is 0 Å². The molecule has 1 unspecified atom stereocenters. The first-order valence-corrected chi connectivity index (χ1v) is 6.85. The molecule has 6 heteroatoms. The Balaban J connectivity index is 1.85. The minimum absolute atomic E-state index is 0.126. The average Bonchev–Trinajstić information content (AvgIpc) is 2.50. The van der Waals surface area contributed by atoms with Gasteiger partial charge in [-0.25, -0.2) is 4.79 Å². The largest absolute Gasteiger partial charge is 0.353 e. The van der Waals surface area contributed by atoms with Gasteiger partial charge in [-0.3, -0.25) is 9.78 Å². The summed E-state index contributed by atoms with van der Waals surface area (Å²) in [5.74, 6) is -0.126. The molecule has 1 saturated heterocycles. The zero-order chi connectivity index (χ0) is 14.8. The smallest absolute Gasteiger partial charge is 0.322 e. The molecule has 3 rings (SSSR count). The van der Waals surface area contributed by atoms with Crippen LogP contribution in [0.15, 0.2) is 36.7 Å². The molecule has 1 aromatic carbocycles. The molecule has 0 saturated carbocycles. The minimum atomic E-state index is -0.463. The lowest BCUT2D eigenvalue weighted by molar-refractivity contribution is -0.126. The highest BCUT2D eigenvalue weighted by atomic mass is 16.2. The molecule has 2 N–H and O–H groups in total. The number of nitrogens with one attached hydrogen (secondary N) is 2. The monoisotopic (exact) mass is 284 g/mol. The van der Waals surface area contributed by atoms with Gasteiger partial charge < -0.3 is 15.5 Å². The van der Waals surface area contributed by atoms with Crippen LogP contribution in [-0.4, -0.2) is 41.0 Å². The number of carbonyl (C=O) groups excluding carboxylic acids is 2. The number of carbonyl (C=O) groups is 2. The average molecular weight is 284 g/mol. The number of hydrogen-bond acceptors (Lipinski definition) is 3. The van der Waals surface area contributed by atoms with Crippen LogP contribution < -0.4 is 10.6 Å². The van der Waals surface area contributed by atoms with Crippen LogP contribution in [0.2, 0.25) is 0 Å². The molecule has 1 aromatic heterocycles. The van der Waals surface area contributed by atoms with Crippen LogP contribution in [0.1, 0.15) is 6.92 Å². The van der Waals surface area contributed by atoms with E-state index in [1.807, 2.05) is 24.3 Å². The standard InChI is InChI=1S/C15H16N4O2/c1-10-14(20)17-7-8-19(10)15(21)18-13-4-2-3-11-9-16-6-5-12(11)13/h2-6,9-10H,7-8H2,1H3,(H,17,20)(H,18,21). The number of fused-ring (bicyclic) bond motifs is 1. The molecule has 108 valence electrons. The first-order valence-electron chi connectivity index (χ1n) is 6.85. The van der Waals surface area contributed by atoms with Gasteiger partial charge in [0.25, 0.3) is 0 Å². The summed E-state index contributed by atoms with van der Waals surface area (Å²) in [5, 5.41) is 7.51. The maximum atomic E-state index is 12.4. The molecule has 0 aliphatic carbocycles. The highest BCUT2D eigenvalue weighted by Gasteiger charge is 2.29. The van der Waals surface area contributed by atoms with Crippen molar-refractivity contribution < 1.29 is 9.59 Å². The number of piperazine rings is 1. The Morgan fingerprint density at radius 1 is 1.43 bits per heavy atom. The van der Waals surface area contributed by atoms with E-state index in [9.17, 15) is 9.59 Å². The fourth-order valence-corrected chi connectivity index (χ4v) is 2.48. The molecule has 1 aliphatic rings. The van der Waals surface area contributed by atoms with Crippen LogP contribution in [0, 0.1) is 0 Å². The van der Waals surface area contributed by atoms with E-state index in [1.165, 1.54) is 0 Å². The molecule has 1 aliphatic heterocycles. The highest BCUT2D eigenvalue weighted by Crippen LogP contribution is 2.22. The number of aromatic nitrogens is 1. The Bertz CT molecular complexity index is 696. The van der Waals surface area contributed by atoms with Gasteiger partial charge in [-0.05, 0) is 19.1 Å². The lowest BCUT2D eigenvalue weighted by Crippen LogP contribution is -2.56. The highest BCUT2D eigenvalue weighted by molar-refractivity contribution is 6.02. The Hall–Kier alpha value is -2.63. The van der Waals surface area contributed by atoms with Gasteiger partial charge in [0.2, 0.25) is 5.91 Å². The first kappa shape index (κ1) is 13.4. The van der Waals surface area contributed by atoms with Crippen LogP contribution in [-0.2, 0) is 4.79 Å². The summed E-state index contributed by atoms with van der Waals surface area (Å²) in [6, 6.07) is 6.78. The van der Waals surface area contributed by atoms with Gasteiger partial charge >= 0.3 is 6.03 Å². The first-order chi connectivity index (χ1) is 10.2. The van der Waals surface area contributed by atoms with Crippen molar-refractivity contribution in [3.63, 3.8) is 0 Å². The molecule has 1 fully saturated rings. The maximum absolute atomic E-state index is 12.4. The fourth-order valence-electron chi connectivity index (χ4n) is 2.48. The third-order valence-corrected chi connectivity index (χ3v) is 3.68. The molecule has 3 amide bonds. The SMILES string of the molecule is CC1C(=O)NCCN1C(=O)Nc1cccc2cnccc12. The van der Waals surface area contributed by atoms with E-state index in [2.05, 4.69) is 15.6 Å². The normalized spacial score (nSPS) is 18.4. The number of urea groups is 1. The Morgan fingerprint density at radius 3 is 3.14 bits per heavy atom. The van der Waals surface area contributed by atoms with Crippen molar-refractivity contribution in [1.82, 2.24) is 15.2 Å². The summed E-state index contributed by atoms with van der Waals surface area (Å²) in [4.78, 5) is 29.6. The fraction of sp³-hybridized carbons (Fsp3) is 0.267. The Morgan fingerprint density at radius 2 is 2.29 bits per heavy atom. The van der Waals surface area contributed by atoms with Crippen molar-refractivity contribution in [2.75, 3.05) is 18.4 Å². The second-order valence-corrected chi connectivity index (χ2v) is 4.99. The van der Waals surface area contributed by atoms with E-state index < -0.39 is 6.04 Å². The van der Waals surface area contributed by atoms with Crippen LogP contribution in [0.25, 0.3) is 10.8 Å². The van der Waals surface area contributed by atoms with Crippen molar-refractivity contribution in [3.8, 4) is 0 Å². The number of nitrogens with zero attached hydrogens (tertiary/aromatic N) is 2. The van der Waals surface area contributed by atoms with Crippen molar-refractivity contribution >= 4 is 28.4 Å². The topological polar surface area (TPSA) is 74.3 Å². The molecular weight excluding hydrogens is 268 g/mol. The third kappa shape index (κ3) is 2.52. The van der Waals surface area contributed by atoms with Gasteiger partial charge in [0.05, 0.1) is 5.69 Å². The van der Waals surface area contributed by atoms with E-state index in [0.717, 1.165) is 16.5 Å². The number of rotatable bonds is 1. The number of anilines is 1. The zero-order valence-corrected chi connectivity index (χ0v) is 11.7. The molecule has 0 bridgehead atoms. The van der Waals surface area contributed by atoms with Gasteiger partial charge in [0, 0.05) is 36.3 Å². The molecular formula is C15H16N4O2. The molecule has 0 radical (unpaired) electrons. The summed E-state index contributed by atoms with van der Waals surface area (Å²) in [7, 11) is 0. The summed E-state index contributed by atoms with van der Waals surface area (Å²) in [6.07, 6.45) is 3.44. The van der Waals surface area contributed by atoms with Crippen molar-refractivity contribution in [2.45, 2.75) is 13.0 Å². The lowest BCUT2D eigenvalue weighted by atomic mass is 10.1. The summed E-state index contributed by atoms with van der Waals surface area (Å²) in [6.45, 7) is 2.71. The second kappa shape index (κ2) is 5.40. The van der Waals surface area contributed by atoms with Crippen LogP contribution >= 0.6 is 0 Å². The maximum Gasteiger partial charge on any atom is 0.322 e. The molecule has 1 atom stereocenters. The third-order valence-electron chi connectivity index (χ3n) is 3.68. The quantitative estimate of drug-likeness (QED) is 0.835. The predicted octanol–water partition coefficient (Wildman–Crippen LogP) is 1.59. The molecule has 6 nitrogen and oxygen atoms in total. The number of amides is 3. The van der Waals surface area contributed by atoms with Gasteiger partial charge in [-0.15, -0.1) is 0 Å². The van der Waals surface area contributed by atoms with Gasteiger partial charge in [-0.2, -0.15) is 0 Å². The number of hydrogen-bond donors (Lipinski definition) is 2. The van der Waals surface area contributed by atoms with Crippen molar-refractivity contribution in [1.29, 1.82) is 0 Å². The van der Waals surface area contributed by atoms with Crippen molar-refractivity contribution in [3.05, 3.63) is 36.7 Å². The number of benzene rings is 1. The minimum Gasteiger partial charge on any atom is -0.353 e. The van der Waals surface area contributed by atoms with Gasteiger partial charge in [0.15, 0.2) is 0 Å². The van der Waals surface area contributed by atoms with Gasteiger partial charge in [-0.1, -0.05) is 12.1 Å². The zero-order valence-electron chi connectivity index (χ0n) is 11.7. The van der Waals surface area contributed by atoms with Gasteiger partial charge in [0.1, 0.15) is 6.04 Å². The van der Waals surface area contributed by atoms with E-state index in [-0.39, 0.29) is 11.9 Å². The Kier molecular flexibility index (Phi) is 3.43. The van der Waals surface area contributed by atoms with Crippen LogP contribution in [0.5, 0.6) is 0 Å². The van der Waals surface area contributed by atoms with E-state index in [0.29, 0.717) is 13.1 Å².